The summed E-state index contributed by atoms with van der Waals surface area (Å²) in [5, 5.41) is 6.50. The van der Waals surface area contributed by atoms with E-state index in [4.69, 9.17) is 0 Å². The van der Waals surface area contributed by atoms with Crippen molar-refractivity contribution >= 4 is 17.2 Å². The Bertz CT molecular complexity index is 418. The Balaban J connectivity index is 1.98. The van der Waals surface area contributed by atoms with Crippen molar-refractivity contribution in [3.63, 3.8) is 0 Å². The van der Waals surface area contributed by atoms with Gasteiger partial charge in [0, 0.05) is 30.6 Å². The first-order valence-electron chi connectivity index (χ1n) is 6.58. The van der Waals surface area contributed by atoms with Crippen molar-refractivity contribution in [2.24, 2.45) is 0 Å². The molecule has 0 bridgehead atoms. The molecule has 1 saturated heterocycles. The van der Waals surface area contributed by atoms with Gasteiger partial charge in [0.2, 0.25) is 5.91 Å². The number of rotatable bonds is 3. The third-order valence-electron chi connectivity index (χ3n) is 3.59. The van der Waals surface area contributed by atoms with Gasteiger partial charge >= 0.3 is 0 Å². The molecule has 100 valence electrons. The number of amides is 1. The van der Waals surface area contributed by atoms with Crippen LogP contribution in [-0.4, -0.2) is 41.0 Å². The van der Waals surface area contributed by atoms with E-state index < -0.39 is 0 Å². The molecule has 2 atom stereocenters. The molecule has 1 aliphatic heterocycles. The molecule has 18 heavy (non-hydrogen) atoms. The maximum Gasteiger partial charge on any atom is 0.228 e. The van der Waals surface area contributed by atoms with Gasteiger partial charge in [-0.2, -0.15) is 0 Å². The molecule has 1 amide bonds. The lowest BCUT2D eigenvalue weighted by molar-refractivity contribution is -0.134. The minimum Gasteiger partial charge on any atom is -0.337 e. The fourth-order valence-corrected chi connectivity index (χ4v) is 3.00. The van der Waals surface area contributed by atoms with Gasteiger partial charge in [0.1, 0.15) is 0 Å². The zero-order chi connectivity index (χ0) is 13.1. The lowest BCUT2D eigenvalue weighted by atomic mass is 10.1. The molecule has 0 saturated carbocycles. The fourth-order valence-electron chi connectivity index (χ4n) is 2.26. The zero-order valence-corrected chi connectivity index (χ0v) is 12.1. The topological polar surface area (TPSA) is 45.2 Å². The number of aryl methyl sites for hydroxylation is 1. The summed E-state index contributed by atoms with van der Waals surface area (Å²) in [5.41, 5.74) is 0.917. The molecule has 2 unspecified atom stereocenters. The first-order valence-corrected chi connectivity index (χ1v) is 7.46. The van der Waals surface area contributed by atoms with Crippen LogP contribution in [0.3, 0.4) is 0 Å². The van der Waals surface area contributed by atoms with Crippen molar-refractivity contribution in [3.05, 3.63) is 16.1 Å². The van der Waals surface area contributed by atoms with Crippen LogP contribution in [0.5, 0.6) is 0 Å². The van der Waals surface area contributed by atoms with Crippen LogP contribution in [0.15, 0.2) is 5.38 Å². The molecule has 1 aromatic rings. The number of aromatic nitrogens is 1. The summed E-state index contributed by atoms with van der Waals surface area (Å²) in [6.45, 7) is 8.00. The van der Waals surface area contributed by atoms with E-state index in [0.29, 0.717) is 12.5 Å². The van der Waals surface area contributed by atoms with Gasteiger partial charge in [0.25, 0.3) is 0 Å². The number of nitrogens with zero attached hydrogens (tertiary/aromatic N) is 2. The number of thiazole rings is 1. The highest BCUT2D eigenvalue weighted by molar-refractivity contribution is 7.09. The van der Waals surface area contributed by atoms with Crippen LogP contribution in [0.2, 0.25) is 0 Å². The highest BCUT2D eigenvalue weighted by atomic mass is 32.1. The molecule has 0 aliphatic carbocycles. The predicted molar refractivity (Wildman–Crippen MR) is 73.8 cm³/mol. The summed E-state index contributed by atoms with van der Waals surface area (Å²) in [5.74, 6) is 0.198. The van der Waals surface area contributed by atoms with E-state index in [-0.39, 0.29) is 11.9 Å². The van der Waals surface area contributed by atoms with Crippen LogP contribution in [0.1, 0.15) is 31.5 Å². The summed E-state index contributed by atoms with van der Waals surface area (Å²) in [4.78, 5) is 18.7. The number of hydrogen-bond acceptors (Lipinski definition) is 4. The Morgan fingerprint density at radius 3 is 3.06 bits per heavy atom. The summed E-state index contributed by atoms with van der Waals surface area (Å²) >= 11 is 1.65. The maximum atomic E-state index is 12.3. The Hall–Kier alpha value is -0.940. The molecule has 1 fully saturated rings. The summed E-state index contributed by atoms with van der Waals surface area (Å²) in [6, 6.07) is 0.625. The molecular formula is C13H21N3OS. The largest absolute Gasteiger partial charge is 0.337 e. The average Bonchev–Trinajstić information content (AvgIpc) is 2.80. The maximum absolute atomic E-state index is 12.3. The van der Waals surface area contributed by atoms with Crippen molar-refractivity contribution in [3.8, 4) is 0 Å². The van der Waals surface area contributed by atoms with Crippen LogP contribution in [0.4, 0.5) is 0 Å². The highest BCUT2D eigenvalue weighted by Crippen LogP contribution is 2.14. The van der Waals surface area contributed by atoms with Crippen LogP contribution >= 0.6 is 11.3 Å². The van der Waals surface area contributed by atoms with Gasteiger partial charge in [-0.1, -0.05) is 6.92 Å². The summed E-state index contributed by atoms with van der Waals surface area (Å²) < 4.78 is 0. The molecule has 1 aliphatic rings. The number of carbonyl (C=O) groups excluding carboxylic acids is 1. The van der Waals surface area contributed by atoms with E-state index >= 15 is 0 Å². The molecule has 5 heteroatoms. The third-order valence-corrected chi connectivity index (χ3v) is 4.63. The van der Waals surface area contributed by atoms with Gasteiger partial charge < -0.3 is 10.2 Å². The predicted octanol–water partition coefficient (Wildman–Crippen LogP) is 1.46. The van der Waals surface area contributed by atoms with Crippen LogP contribution in [0, 0.1) is 0 Å². The first-order chi connectivity index (χ1) is 8.61. The van der Waals surface area contributed by atoms with Crippen molar-refractivity contribution in [2.75, 3.05) is 13.1 Å². The second-order valence-electron chi connectivity index (χ2n) is 4.83. The minimum atomic E-state index is 0.198. The van der Waals surface area contributed by atoms with Crippen molar-refractivity contribution in [1.82, 2.24) is 15.2 Å². The molecule has 1 aromatic heterocycles. The van der Waals surface area contributed by atoms with Crippen LogP contribution in [-0.2, 0) is 17.6 Å². The highest BCUT2D eigenvalue weighted by Gasteiger charge is 2.28. The molecule has 0 spiro atoms. The van der Waals surface area contributed by atoms with Crippen molar-refractivity contribution < 1.29 is 4.79 Å². The van der Waals surface area contributed by atoms with Gasteiger partial charge in [0.15, 0.2) is 0 Å². The fraction of sp³-hybridized carbons (Fsp3) is 0.692. The Morgan fingerprint density at radius 2 is 2.39 bits per heavy atom. The summed E-state index contributed by atoms with van der Waals surface area (Å²) in [7, 11) is 0. The SMILES string of the molecule is CCc1nc(CC(=O)N2CCNC(C)C2C)cs1. The molecular weight excluding hydrogens is 246 g/mol. The van der Waals surface area contributed by atoms with Gasteiger partial charge in [-0.25, -0.2) is 4.98 Å². The van der Waals surface area contributed by atoms with E-state index in [9.17, 15) is 4.79 Å². The third kappa shape index (κ3) is 2.90. The van der Waals surface area contributed by atoms with Crippen molar-refractivity contribution in [1.29, 1.82) is 0 Å². The number of piperazine rings is 1. The molecule has 4 nitrogen and oxygen atoms in total. The summed E-state index contributed by atoms with van der Waals surface area (Å²) in [6.07, 6.45) is 1.38. The zero-order valence-electron chi connectivity index (χ0n) is 11.3. The second-order valence-corrected chi connectivity index (χ2v) is 5.78. The molecule has 2 rings (SSSR count). The monoisotopic (exact) mass is 267 g/mol. The van der Waals surface area contributed by atoms with Crippen molar-refractivity contribution in [2.45, 2.75) is 45.7 Å². The Morgan fingerprint density at radius 1 is 1.61 bits per heavy atom. The number of hydrogen-bond donors (Lipinski definition) is 1. The van der Waals surface area contributed by atoms with Crippen LogP contribution < -0.4 is 5.32 Å². The van der Waals surface area contributed by atoms with E-state index in [1.165, 1.54) is 0 Å². The molecule has 0 radical (unpaired) electrons. The van der Waals surface area contributed by atoms with Gasteiger partial charge in [0.05, 0.1) is 17.1 Å². The van der Waals surface area contributed by atoms with E-state index in [2.05, 4.69) is 31.1 Å². The Kier molecular flexibility index (Phi) is 4.35. The minimum absolute atomic E-state index is 0.198. The molecule has 1 N–H and O–H groups in total. The Labute approximate surface area is 112 Å². The molecule has 0 aromatic carbocycles. The smallest absolute Gasteiger partial charge is 0.228 e. The number of carbonyl (C=O) groups is 1. The standard InChI is InChI=1S/C13H21N3OS/c1-4-12-15-11(8-18-12)7-13(17)16-6-5-14-9(2)10(16)3/h8-10,14H,4-7H2,1-3H3. The van der Waals surface area contributed by atoms with Gasteiger partial charge in [-0.15, -0.1) is 11.3 Å². The normalized spacial score (nSPS) is 24.3. The number of nitrogens with one attached hydrogen (secondary N) is 1. The van der Waals surface area contributed by atoms with E-state index in [1.54, 1.807) is 11.3 Å². The quantitative estimate of drug-likeness (QED) is 0.902. The second kappa shape index (κ2) is 5.80. The van der Waals surface area contributed by atoms with E-state index in [1.807, 2.05) is 10.3 Å². The van der Waals surface area contributed by atoms with Gasteiger partial charge in [-0.3, -0.25) is 4.79 Å². The van der Waals surface area contributed by atoms with Gasteiger partial charge in [-0.05, 0) is 20.3 Å². The average molecular weight is 267 g/mol. The van der Waals surface area contributed by atoms with E-state index in [0.717, 1.165) is 30.2 Å². The first kappa shape index (κ1) is 13.5. The van der Waals surface area contributed by atoms with Crippen LogP contribution in [0.25, 0.3) is 0 Å². The molecule has 2 heterocycles. The lowest BCUT2D eigenvalue weighted by Gasteiger charge is -2.38. The lowest BCUT2D eigenvalue weighted by Crippen LogP contribution is -2.57.